The van der Waals surface area contributed by atoms with Crippen molar-refractivity contribution in [3.05, 3.63) is 34.9 Å². The summed E-state index contributed by atoms with van der Waals surface area (Å²) in [6.45, 7) is 1.21. The van der Waals surface area contributed by atoms with E-state index in [0.29, 0.717) is 12.1 Å². The number of alkyl halides is 5. The monoisotopic (exact) mass is 240 g/mol. The lowest BCUT2D eigenvalue weighted by Crippen LogP contribution is -2.08. The molecular formula is C10H9F5O. The molecule has 90 valence electrons. The average molecular weight is 240 g/mol. The van der Waals surface area contributed by atoms with Crippen molar-refractivity contribution in [2.75, 3.05) is 0 Å². The summed E-state index contributed by atoms with van der Waals surface area (Å²) < 4.78 is 61.7. The van der Waals surface area contributed by atoms with E-state index >= 15 is 0 Å². The first-order chi connectivity index (χ1) is 7.21. The zero-order chi connectivity index (χ0) is 12.5. The van der Waals surface area contributed by atoms with Crippen molar-refractivity contribution in [1.82, 2.24) is 0 Å². The Labute approximate surface area is 88.5 Å². The summed E-state index contributed by atoms with van der Waals surface area (Å²) in [6, 6.07) is 1.91. The normalized spacial score (nSPS) is 14.2. The number of rotatable bonds is 2. The summed E-state index contributed by atoms with van der Waals surface area (Å²) in [5, 5.41) is 9.11. The minimum Gasteiger partial charge on any atom is -0.389 e. The molecule has 16 heavy (non-hydrogen) atoms. The summed E-state index contributed by atoms with van der Waals surface area (Å²) in [6.07, 6.45) is -8.92. The van der Waals surface area contributed by atoms with Gasteiger partial charge in [0.05, 0.1) is 11.7 Å². The largest absolute Gasteiger partial charge is 0.416 e. The predicted molar refractivity (Wildman–Crippen MR) is 47.0 cm³/mol. The summed E-state index contributed by atoms with van der Waals surface area (Å²) in [5.41, 5.74) is -2.10. The first-order valence-corrected chi connectivity index (χ1v) is 4.40. The molecule has 0 saturated carbocycles. The summed E-state index contributed by atoms with van der Waals surface area (Å²) in [5.74, 6) is 0. The van der Waals surface area contributed by atoms with Gasteiger partial charge in [-0.3, -0.25) is 0 Å². The molecule has 0 bridgehead atoms. The summed E-state index contributed by atoms with van der Waals surface area (Å²) in [7, 11) is 0. The third-order valence-electron chi connectivity index (χ3n) is 2.04. The molecule has 1 N–H and O–H groups in total. The molecule has 0 aliphatic carbocycles. The van der Waals surface area contributed by atoms with Crippen LogP contribution in [0.1, 0.15) is 36.1 Å². The van der Waals surface area contributed by atoms with Gasteiger partial charge in [-0.05, 0) is 30.7 Å². The highest BCUT2D eigenvalue weighted by atomic mass is 19.4. The number of benzene rings is 1. The van der Waals surface area contributed by atoms with Crippen LogP contribution < -0.4 is 0 Å². The van der Waals surface area contributed by atoms with Gasteiger partial charge in [-0.15, -0.1) is 0 Å². The molecule has 0 aliphatic heterocycles. The van der Waals surface area contributed by atoms with Crippen molar-refractivity contribution in [2.45, 2.75) is 25.6 Å². The second-order valence-electron chi connectivity index (χ2n) is 3.36. The SMILES string of the molecule is CC(O)c1cc(C(F)F)cc(C(F)(F)F)c1. The smallest absolute Gasteiger partial charge is 0.389 e. The van der Waals surface area contributed by atoms with E-state index in [0.717, 1.165) is 6.07 Å². The van der Waals surface area contributed by atoms with Gasteiger partial charge in [0.25, 0.3) is 6.43 Å². The molecule has 0 heterocycles. The Bertz CT molecular complexity index is 344. The quantitative estimate of drug-likeness (QED) is 0.781. The van der Waals surface area contributed by atoms with Gasteiger partial charge in [-0.1, -0.05) is 0 Å². The summed E-state index contributed by atoms with van der Waals surface area (Å²) in [4.78, 5) is 0. The Hall–Kier alpha value is -1.17. The van der Waals surface area contributed by atoms with Crippen LogP contribution in [0.2, 0.25) is 0 Å². The second kappa shape index (κ2) is 4.37. The minimum absolute atomic E-state index is 0.176. The standard InChI is InChI=1S/C10H9F5O/c1-5(16)6-2-7(9(11)12)4-8(3-6)10(13,14)15/h2-5,9,16H,1H3. The topological polar surface area (TPSA) is 20.2 Å². The molecule has 1 rings (SSSR count). The van der Waals surface area contributed by atoms with E-state index in [2.05, 4.69) is 0 Å². The molecule has 0 aromatic heterocycles. The van der Waals surface area contributed by atoms with E-state index in [4.69, 9.17) is 5.11 Å². The van der Waals surface area contributed by atoms with Gasteiger partial charge in [-0.25, -0.2) is 8.78 Å². The van der Waals surface area contributed by atoms with Crippen LogP contribution in [0.3, 0.4) is 0 Å². The molecule has 1 atom stereocenters. The van der Waals surface area contributed by atoms with E-state index in [1.54, 1.807) is 0 Å². The van der Waals surface area contributed by atoms with Crippen LogP contribution in [0.25, 0.3) is 0 Å². The Morgan fingerprint density at radius 2 is 1.56 bits per heavy atom. The minimum atomic E-state index is -4.70. The molecule has 0 aliphatic rings. The molecule has 1 aromatic carbocycles. The van der Waals surface area contributed by atoms with Crippen LogP contribution in [0.15, 0.2) is 18.2 Å². The van der Waals surface area contributed by atoms with E-state index in [9.17, 15) is 22.0 Å². The highest BCUT2D eigenvalue weighted by molar-refractivity contribution is 5.33. The predicted octanol–water partition coefficient (Wildman–Crippen LogP) is 3.70. The first-order valence-electron chi connectivity index (χ1n) is 4.40. The number of aliphatic hydroxyl groups is 1. The fourth-order valence-electron chi connectivity index (χ4n) is 1.21. The van der Waals surface area contributed by atoms with E-state index in [1.165, 1.54) is 6.92 Å². The van der Waals surface area contributed by atoms with Crippen LogP contribution >= 0.6 is 0 Å². The molecule has 1 nitrogen and oxygen atoms in total. The summed E-state index contributed by atoms with van der Waals surface area (Å²) >= 11 is 0. The van der Waals surface area contributed by atoms with Crippen LogP contribution in [0, 0.1) is 0 Å². The van der Waals surface area contributed by atoms with E-state index in [1.807, 2.05) is 0 Å². The lowest BCUT2D eigenvalue weighted by atomic mass is 10.0. The first kappa shape index (κ1) is 12.9. The van der Waals surface area contributed by atoms with Gasteiger partial charge in [0.1, 0.15) is 0 Å². The Kier molecular flexibility index (Phi) is 3.52. The zero-order valence-corrected chi connectivity index (χ0v) is 8.22. The van der Waals surface area contributed by atoms with Crippen molar-refractivity contribution in [3.8, 4) is 0 Å². The molecule has 0 radical (unpaired) electrons. The fourth-order valence-corrected chi connectivity index (χ4v) is 1.21. The van der Waals surface area contributed by atoms with Crippen molar-refractivity contribution >= 4 is 0 Å². The molecule has 0 amide bonds. The van der Waals surface area contributed by atoms with Crippen LogP contribution in [-0.4, -0.2) is 5.11 Å². The highest BCUT2D eigenvalue weighted by Gasteiger charge is 2.32. The lowest BCUT2D eigenvalue weighted by molar-refractivity contribution is -0.137. The van der Waals surface area contributed by atoms with Gasteiger partial charge < -0.3 is 5.11 Å². The maximum absolute atomic E-state index is 12.3. The molecule has 0 fully saturated rings. The van der Waals surface area contributed by atoms with Crippen molar-refractivity contribution in [1.29, 1.82) is 0 Å². The highest BCUT2D eigenvalue weighted by Crippen LogP contribution is 2.34. The Morgan fingerprint density at radius 3 is 1.94 bits per heavy atom. The van der Waals surface area contributed by atoms with Gasteiger partial charge >= 0.3 is 6.18 Å². The van der Waals surface area contributed by atoms with Gasteiger partial charge in [0.15, 0.2) is 0 Å². The van der Waals surface area contributed by atoms with Gasteiger partial charge in [0.2, 0.25) is 0 Å². The third-order valence-corrected chi connectivity index (χ3v) is 2.04. The van der Waals surface area contributed by atoms with Gasteiger partial charge in [0, 0.05) is 5.56 Å². The zero-order valence-electron chi connectivity index (χ0n) is 8.22. The molecule has 0 spiro atoms. The molecule has 0 saturated heterocycles. The molecule has 1 aromatic rings. The van der Waals surface area contributed by atoms with Gasteiger partial charge in [-0.2, -0.15) is 13.2 Å². The molecule has 6 heteroatoms. The van der Waals surface area contributed by atoms with E-state index < -0.39 is 29.8 Å². The number of hydrogen-bond acceptors (Lipinski definition) is 1. The molecule has 1 unspecified atom stereocenters. The maximum atomic E-state index is 12.3. The second-order valence-corrected chi connectivity index (χ2v) is 3.36. The Morgan fingerprint density at radius 1 is 1.06 bits per heavy atom. The van der Waals surface area contributed by atoms with Crippen LogP contribution in [-0.2, 0) is 6.18 Å². The third kappa shape index (κ3) is 2.91. The van der Waals surface area contributed by atoms with E-state index in [-0.39, 0.29) is 5.56 Å². The number of halogens is 5. The average Bonchev–Trinajstić information content (AvgIpc) is 2.15. The van der Waals surface area contributed by atoms with Crippen molar-refractivity contribution in [3.63, 3.8) is 0 Å². The van der Waals surface area contributed by atoms with Crippen molar-refractivity contribution < 1.29 is 27.1 Å². The van der Waals surface area contributed by atoms with Crippen LogP contribution in [0.4, 0.5) is 22.0 Å². The number of aliphatic hydroxyl groups excluding tert-OH is 1. The lowest BCUT2D eigenvalue weighted by Gasteiger charge is -2.13. The molecular weight excluding hydrogens is 231 g/mol. The maximum Gasteiger partial charge on any atom is 0.416 e. The fraction of sp³-hybridized carbons (Fsp3) is 0.400. The van der Waals surface area contributed by atoms with Crippen LogP contribution in [0.5, 0.6) is 0 Å². The number of hydrogen-bond donors (Lipinski definition) is 1. The Balaban J connectivity index is 3.30. The van der Waals surface area contributed by atoms with Crippen molar-refractivity contribution in [2.24, 2.45) is 0 Å².